The zero-order valence-electron chi connectivity index (χ0n) is 9.57. The zero-order valence-corrected chi connectivity index (χ0v) is 12.0. The lowest BCUT2D eigenvalue weighted by atomic mass is 10.1. The third-order valence-corrected chi connectivity index (χ3v) is 4.67. The van der Waals surface area contributed by atoms with Crippen molar-refractivity contribution in [2.24, 2.45) is 0 Å². The molecule has 94 valence electrons. The molecule has 17 heavy (non-hydrogen) atoms. The summed E-state index contributed by atoms with van der Waals surface area (Å²) in [5.74, 6) is 0. The summed E-state index contributed by atoms with van der Waals surface area (Å²) >= 11 is 5.03. The first kappa shape index (κ1) is 12.9. The van der Waals surface area contributed by atoms with Gasteiger partial charge in [0.05, 0.1) is 15.9 Å². The monoisotopic (exact) mass is 318 g/mol. The van der Waals surface area contributed by atoms with Crippen molar-refractivity contribution in [1.29, 1.82) is 0 Å². The Morgan fingerprint density at radius 3 is 3.06 bits per heavy atom. The van der Waals surface area contributed by atoms with Gasteiger partial charge in [-0.2, -0.15) is 0 Å². The van der Waals surface area contributed by atoms with E-state index in [0.717, 1.165) is 9.35 Å². The number of likely N-dealkylation sites (tertiary alicyclic amines) is 1. The number of β-amino-alcohol motifs (C(OH)–C–C–N with tert-alkyl or cyclic N) is 1. The van der Waals surface area contributed by atoms with Gasteiger partial charge in [0.1, 0.15) is 0 Å². The van der Waals surface area contributed by atoms with Crippen LogP contribution in [0.25, 0.3) is 0 Å². The molecule has 2 N–H and O–H groups in total. The van der Waals surface area contributed by atoms with Gasteiger partial charge in [0.25, 0.3) is 0 Å². The third kappa shape index (κ3) is 3.20. The Morgan fingerprint density at radius 1 is 1.76 bits per heavy atom. The van der Waals surface area contributed by atoms with E-state index in [4.69, 9.17) is 0 Å². The largest absolute Gasteiger partial charge is 0.388 e. The van der Waals surface area contributed by atoms with Crippen molar-refractivity contribution in [1.82, 2.24) is 10.2 Å². The Labute approximate surface area is 113 Å². The summed E-state index contributed by atoms with van der Waals surface area (Å²) in [6.45, 7) is 3.30. The summed E-state index contributed by atoms with van der Waals surface area (Å²) < 4.78 is 1.05. The molecule has 0 aromatic carbocycles. The average Bonchev–Trinajstić information content (AvgIpc) is 2.81. The number of rotatable bonds is 2. The first-order chi connectivity index (χ1) is 7.98. The summed E-state index contributed by atoms with van der Waals surface area (Å²) in [5.41, 5.74) is 0.342. The van der Waals surface area contributed by atoms with Crippen LogP contribution in [0, 0.1) is 0 Å². The summed E-state index contributed by atoms with van der Waals surface area (Å²) in [7, 11) is 0. The maximum atomic E-state index is 11.8. The van der Waals surface area contributed by atoms with Crippen molar-refractivity contribution in [3.8, 4) is 0 Å². The number of hydrogen-bond donors (Lipinski definition) is 2. The van der Waals surface area contributed by atoms with Crippen LogP contribution in [0.3, 0.4) is 0 Å². The van der Waals surface area contributed by atoms with Gasteiger partial charge in [-0.15, -0.1) is 11.3 Å². The van der Waals surface area contributed by atoms with Crippen molar-refractivity contribution in [3.63, 3.8) is 0 Å². The lowest BCUT2D eigenvalue weighted by Gasteiger charge is -2.19. The van der Waals surface area contributed by atoms with Crippen LogP contribution in [0.4, 0.5) is 4.79 Å². The van der Waals surface area contributed by atoms with Gasteiger partial charge in [-0.25, -0.2) is 4.79 Å². The van der Waals surface area contributed by atoms with E-state index < -0.39 is 5.60 Å². The third-order valence-electron chi connectivity index (χ3n) is 2.86. The molecule has 2 amide bonds. The van der Waals surface area contributed by atoms with Gasteiger partial charge in [0, 0.05) is 13.1 Å². The molecule has 0 bridgehead atoms. The van der Waals surface area contributed by atoms with Gasteiger partial charge < -0.3 is 15.3 Å². The van der Waals surface area contributed by atoms with Crippen LogP contribution < -0.4 is 5.32 Å². The van der Waals surface area contributed by atoms with Crippen molar-refractivity contribution in [2.45, 2.75) is 25.5 Å². The fourth-order valence-electron chi connectivity index (χ4n) is 1.85. The normalized spacial score (nSPS) is 24.1. The molecule has 1 aliphatic rings. The fourth-order valence-corrected chi connectivity index (χ4v) is 3.09. The van der Waals surface area contributed by atoms with E-state index in [1.165, 1.54) is 0 Å². The second-order valence-electron chi connectivity index (χ2n) is 4.55. The number of nitrogens with one attached hydrogen (secondary N) is 1. The van der Waals surface area contributed by atoms with Gasteiger partial charge in [0.15, 0.2) is 0 Å². The number of carbonyl (C=O) groups is 1. The van der Waals surface area contributed by atoms with Crippen LogP contribution in [-0.2, 0) is 6.54 Å². The number of thiophene rings is 1. The molecule has 1 fully saturated rings. The van der Waals surface area contributed by atoms with Gasteiger partial charge in [0.2, 0.25) is 0 Å². The number of hydrogen-bond acceptors (Lipinski definition) is 3. The lowest BCUT2D eigenvalue weighted by molar-refractivity contribution is 0.0719. The Balaban J connectivity index is 1.85. The Kier molecular flexibility index (Phi) is 3.75. The summed E-state index contributed by atoms with van der Waals surface area (Å²) in [4.78, 5) is 13.5. The number of carbonyl (C=O) groups excluding carboxylic acids is 1. The molecular formula is C11H15BrN2O2S. The number of amides is 2. The van der Waals surface area contributed by atoms with Crippen molar-refractivity contribution in [2.75, 3.05) is 13.1 Å². The standard InChI is InChI=1S/C11H15BrN2O2S/c1-11(16)3-4-14(7-11)10(15)13-6-8-2-5-17-9(8)12/h2,5,16H,3-4,6-7H2,1H3,(H,13,15). The molecule has 0 saturated carbocycles. The lowest BCUT2D eigenvalue weighted by Crippen LogP contribution is -2.40. The quantitative estimate of drug-likeness (QED) is 0.878. The van der Waals surface area contributed by atoms with Crippen LogP contribution in [0.15, 0.2) is 15.2 Å². The van der Waals surface area contributed by atoms with Crippen molar-refractivity contribution >= 4 is 33.3 Å². The van der Waals surface area contributed by atoms with Gasteiger partial charge in [-0.05, 0) is 46.3 Å². The number of aliphatic hydroxyl groups is 1. The minimum Gasteiger partial charge on any atom is -0.388 e. The van der Waals surface area contributed by atoms with Crippen LogP contribution in [0.1, 0.15) is 18.9 Å². The molecule has 1 aromatic rings. The molecule has 1 aromatic heterocycles. The maximum absolute atomic E-state index is 11.8. The highest BCUT2D eigenvalue weighted by Crippen LogP contribution is 2.23. The molecular weight excluding hydrogens is 304 g/mol. The Hall–Kier alpha value is -0.590. The number of urea groups is 1. The fraction of sp³-hybridized carbons (Fsp3) is 0.545. The van der Waals surface area contributed by atoms with Crippen LogP contribution in [0.5, 0.6) is 0 Å². The molecule has 4 nitrogen and oxygen atoms in total. The van der Waals surface area contributed by atoms with Crippen LogP contribution in [0.2, 0.25) is 0 Å². The van der Waals surface area contributed by atoms with E-state index in [0.29, 0.717) is 26.1 Å². The predicted octanol–water partition coefficient (Wildman–Crippen LogP) is 2.18. The smallest absolute Gasteiger partial charge is 0.317 e. The van der Waals surface area contributed by atoms with E-state index in [2.05, 4.69) is 21.2 Å². The van der Waals surface area contributed by atoms with Gasteiger partial charge >= 0.3 is 6.03 Å². The molecule has 2 rings (SSSR count). The van der Waals surface area contributed by atoms with E-state index in [1.54, 1.807) is 23.2 Å². The molecule has 2 heterocycles. The minimum atomic E-state index is -0.736. The van der Waals surface area contributed by atoms with E-state index in [1.807, 2.05) is 11.4 Å². The topological polar surface area (TPSA) is 52.6 Å². The summed E-state index contributed by atoms with van der Waals surface area (Å²) in [5, 5.41) is 14.6. The highest BCUT2D eigenvalue weighted by atomic mass is 79.9. The highest BCUT2D eigenvalue weighted by Gasteiger charge is 2.33. The Morgan fingerprint density at radius 2 is 2.53 bits per heavy atom. The Bertz CT molecular complexity index is 419. The summed E-state index contributed by atoms with van der Waals surface area (Å²) in [6.07, 6.45) is 0.641. The molecule has 0 aliphatic carbocycles. The van der Waals surface area contributed by atoms with Crippen molar-refractivity contribution < 1.29 is 9.90 Å². The molecule has 1 unspecified atom stereocenters. The first-order valence-electron chi connectivity index (χ1n) is 5.45. The highest BCUT2D eigenvalue weighted by molar-refractivity contribution is 9.11. The molecule has 1 atom stereocenters. The second-order valence-corrected chi connectivity index (χ2v) is 6.78. The SMILES string of the molecule is CC1(O)CCN(C(=O)NCc2ccsc2Br)C1. The second kappa shape index (κ2) is 4.96. The zero-order chi connectivity index (χ0) is 12.5. The molecule has 1 saturated heterocycles. The molecule has 6 heteroatoms. The predicted molar refractivity (Wildman–Crippen MR) is 71.1 cm³/mol. The summed E-state index contributed by atoms with van der Waals surface area (Å²) in [6, 6.07) is 1.87. The van der Waals surface area contributed by atoms with Gasteiger partial charge in [-0.3, -0.25) is 0 Å². The molecule has 0 radical (unpaired) electrons. The number of halogens is 1. The minimum absolute atomic E-state index is 0.110. The molecule has 1 aliphatic heterocycles. The molecule has 0 spiro atoms. The van der Waals surface area contributed by atoms with Gasteiger partial charge in [-0.1, -0.05) is 0 Å². The van der Waals surface area contributed by atoms with Crippen LogP contribution in [-0.4, -0.2) is 34.7 Å². The maximum Gasteiger partial charge on any atom is 0.317 e. The van der Waals surface area contributed by atoms with E-state index in [-0.39, 0.29) is 6.03 Å². The number of nitrogens with zero attached hydrogens (tertiary/aromatic N) is 1. The van der Waals surface area contributed by atoms with E-state index >= 15 is 0 Å². The average molecular weight is 319 g/mol. The first-order valence-corrected chi connectivity index (χ1v) is 7.12. The van der Waals surface area contributed by atoms with Crippen LogP contribution >= 0.6 is 27.3 Å². The van der Waals surface area contributed by atoms with Crippen molar-refractivity contribution in [3.05, 3.63) is 20.8 Å². The van der Waals surface area contributed by atoms with E-state index in [9.17, 15) is 9.90 Å².